The fourth-order valence-corrected chi connectivity index (χ4v) is 3.28. The second-order valence-electron chi connectivity index (χ2n) is 6.77. The van der Waals surface area contributed by atoms with E-state index in [-0.39, 0.29) is 11.9 Å². The highest BCUT2D eigenvalue weighted by Gasteiger charge is 2.26. The number of rotatable bonds is 6. The topological polar surface area (TPSA) is 32.7 Å². The highest BCUT2D eigenvalue weighted by molar-refractivity contribution is 5.33. The summed E-state index contributed by atoms with van der Waals surface area (Å²) in [6.07, 6.45) is 2.70. The first kappa shape index (κ1) is 17.2. The van der Waals surface area contributed by atoms with Gasteiger partial charge in [0.1, 0.15) is 11.6 Å². The molecule has 1 N–H and O–H groups in total. The van der Waals surface area contributed by atoms with Gasteiger partial charge in [-0.25, -0.2) is 4.39 Å². The first-order valence-electron chi connectivity index (χ1n) is 8.22. The molecular formula is C18H28FNO2. The molecule has 1 aliphatic heterocycles. The number of aliphatic hydroxyl groups excluding tert-OH is 1. The number of piperidine rings is 1. The molecule has 0 saturated carbocycles. The van der Waals surface area contributed by atoms with E-state index < -0.39 is 0 Å². The van der Waals surface area contributed by atoms with Crippen LogP contribution in [0.3, 0.4) is 0 Å². The number of hydrogen-bond donors (Lipinski definition) is 1. The van der Waals surface area contributed by atoms with Crippen LogP contribution in [0.2, 0.25) is 0 Å². The Balaban J connectivity index is 1.89. The Kier molecular flexibility index (Phi) is 6.21. The van der Waals surface area contributed by atoms with Crippen molar-refractivity contribution < 1.29 is 14.2 Å². The van der Waals surface area contributed by atoms with Crippen LogP contribution in [0.15, 0.2) is 18.2 Å². The van der Waals surface area contributed by atoms with Gasteiger partial charge in [-0.15, -0.1) is 0 Å². The molecular weight excluding hydrogens is 281 g/mol. The minimum Gasteiger partial charge on any atom is -0.496 e. The fraction of sp³-hybridized carbons (Fsp3) is 0.667. The summed E-state index contributed by atoms with van der Waals surface area (Å²) in [6, 6.07) is 4.67. The van der Waals surface area contributed by atoms with Crippen molar-refractivity contribution in [3.05, 3.63) is 29.6 Å². The van der Waals surface area contributed by atoms with Crippen LogP contribution in [-0.4, -0.2) is 36.3 Å². The molecule has 0 amide bonds. The van der Waals surface area contributed by atoms with E-state index in [0.717, 1.165) is 43.7 Å². The summed E-state index contributed by atoms with van der Waals surface area (Å²) in [5.41, 5.74) is 0.892. The summed E-state index contributed by atoms with van der Waals surface area (Å²) >= 11 is 0. The molecule has 124 valence electrons. The molecule has 1 aromatic rings. The van der Waals surface area contributed by atoms with E-state index in [1.807, 2.05) is 0 Å². The van der Waals surface area contributed by atoms with E-state index in [4.69, 9.17) is 4.74 Å². The van der Waals surface area contributed by atoms with Gasteiger partial charge in [0.25, 0.3) is 0 Å². The van der Waals surface area contributed by atoms with Gasteiger partial charge in [-0.3, -0.25) is 4.90 Å². The van der Waals surface area contributed by atoms with Crippen molar-refractivity contribution in [1.82, 2.24) is 4.90 Å². The molecule has 4 heteroatoms. The average molecular weight is 309 g/mol. The molecule has 1 fully saturated rings. The second kappa shape index (κ2) is 7.93. The summed E-state index contributed by atoms with van der Waals surface area (Å²) in [7, 11) is 1.62. The molecule has 0 spiro atoms. The van der Waals surface area contributed by atoms with Crippen LogP contribution in [0.5, 0.6) is 5.75 Å². The van der Waals surface area contributed by atoms with Gasteiger partial charge < -0.3 is 9.84 Å². The largest absolute Gasteiger partial charge is 0.496 e. The van der Waals surface area contributed by atoms with Gasteiger partial charge in [0, 0.05) is 12.1 Å². The Hall–Kier alpha value is -1.13. The van der Waals surface area contributed by atoms with Crippen LogP contribution in [-0.2, 0) is 6.54 Å². The molecule has 1 aromatic carbocycles. The van der Waals surface area contributed by atoms with Crippen LogP contribution in [0, 0.1) is 17.7 Å². The molecule has 2 rings (SSSR count). The Morgan fingerprint density at radius 1 is 1.32 bits per heavy atom. The lowest BCUT2D eigenvalue weighted by molar-refractivity contribution is 0.0435. The molecule has 1 atom stereocenters. The highest BCUT2D eigenvalue weighted by atomic mass is 19.1. The number of likely N-dealkylation sites (tertiary alicyclic amines) is 1. The normalized spacial score (nSPS) is 18.6. The maximum absolute atomic E-state index is 13.4. The van der Waals surface area contributed by atoms with E-state index >= 15 is 0 Å². The van der Waals surface area contributed by atoms with Gasteiger partial charge in [-0.05, 0) is 62.4 Å². The minimum atomic E-state index is -0.224. The van der Waals surface area contributed by atoms with E-state index in [9.17, 15) is 9.50 Å². The number of ether oxygens (including phenoxy) is 1. The van der Waals surface area contributed by atoms with Crippen molar-refractivity contribution in [3.8, 4) is 5.75 Å². The Morgan fingerprint density at radius 3 is 2.59 bits per heavy atom. The molecule has 22 heavy (non-hydrogen) atoms. The first-order chi connectivity index (χ1) is 10.5. The maximum atomic E-state index is 13.4. The quantitative estimate of drug-likeness (QED) is 0.873. The number of hydrogen-bond acceptors (Lipinski definition) is 3. The van der Waals surface area contributed by atoms with Gasteiger partial charge in [-0.2, -0.15) is 0 Å². The number of methoxy groups -OCH3 is 1. The SMILES string of the molecule is COc1ccc(F)cc1CN1CCC([C@@H](O)CC(C)C)CC1. The summed E-state index contributed by atoms with van der Waals surface area (Å²) < 4.78 is 18.7. The van der Waals surface area contributed by atoms with E-state index in [0.29, 0.717) is 18.4 Å². The van der Waals surface area contributed by atoms with Crippen LogP contribution in [0.4, 0.5) is 4.39 Å². The lowest BCUT2D eigenvalue weighted by atomic mass is 9.87. The zero-order valence-corrected chi connectivity index (χ0v) is 13.9. The molecule has 0 radical (unpaired) electrons. The monoisotopic (exact) mass is 309 g/mol. The Morgan fingerprint density at radius 2 is 2.00 bits per heavy atom. The molecule has 0 aromatic heterocycles. The number of nitrogens with zero attached hydrogens (tertiary/aromatic N) is 1. The number of aliphatic hydroxyl groups is 1. The lowest BCUT2D eigenvalue weighted by Gasteiger charge is -2.35. The summed E-state index contributed by atoms with van der Waals surface area (Å²) in [5.74, 6) is 1.44. The van der Waals surface area contributed by atoms with E-state index in [1.54, 1.807) is 19.2 Å². The lowest BCUT2D eigenvalue weighted by Crippen LogP contribution is -2.37. The molecule has 0 aliphatic carbocycles. The standard InChI is InChI=1S/C18H28FNO2/c1-13(2)10-17(21)14-6-8-20(9-7-14)12-15-11-16(19)4-5-18(15)22-3/h4-5,11,13-14,17,21H,6-10,12H2,1-3H3/t17-/m0/s1. The zero-order valence-electron chi connectivity index (χ0n) is 13.9. The minimum absolute atomic E-state index is 0.189. The third-order valence-electron chi connectivity index (χ3n) is 4.53. The number of halogens is 1. The van der Waals surface area contributed by atoms with Gasteiger partial charge in [0.15, 0.2) is 0 Å². The van der Waals surface area contributed by atoms with Crippen LogP contribution in [0.25, 0.3) is 0 Å². The maximum Gasteiger partial charge on any atom is 0.123 e. The second-order valence-corrected chi connectivity index (χ2v) is 6.77. The van der Waals surface area contributed by atoms with Crippen molar-refractivity contribution in [2.24, 2.45) is 11.8 Å². The Labute approximate surface area is 133 Å². The molecule has 1 saturated heterocycles. The smallest absolute Gasteiger partial charge is 0.123 e. The summed E-state index contributed by atoms with van der Waals surface area (Å²) in [6.45, 7) is 6.88. The van der Waals surface area contributed by atoms with Gasteiger partial charge >= 0.3 is 0 Å². The molecule has 0 bridgehead atoms. The van der Waals surface area contributed by atoms with Crippen molar-refractivity contribution in [2.75, 3.05) is 20.2 Å². The van der Waals surface area contributed by atoms with Crippen LogP contribution >= 0.6 is 0 Å². The third-order valence-corrected chi connectivity index (χ3v) is 4.53. The van der Waals surface area contributed by atoms with E-state index in [2.05, 4.69) is 18.7 Å². The predicted octanol–water partition coefficient (Wildman–Crippen LogP) is 3.45. The van der Waals surface area contributed by atoms with Gasteiger partial charge in [0.2, 0.25) is 0 Å². The van der Waals surface area contributed by atoms with Crippen molar-refractivity contribution in [2.45, 2.75) is 45.8 Å². The van der Waals surface area contributed by atoms with Crippen LogP contribution in [0.1, 0.15) is 38.7 Å². The number of benzene rings is 1. The third kappa shape index (κ3) is 4.68. The zero-order chi connectivity index (χ0) is 16.1. The average Bonchev–Trinajstić information content (AvgIpc) is 2.47. The summed E-state index contributed by atoms with van der Waals surface area (Å²) in [4.78, 5) is 2.32. The first-order valence-corrected chi connectivity index (χ1v) is 8.22. The van der Waals surface area contributed by atoms with Gasteiger partial charge in [-0.1, -0.05) is 13.8 Å². The molecule has 0 unspecified atom stereocenters. The molecule has 1 heterocycles. The van der Waals surface area contributed by atoms with E-state index in [1.165, 1.54) is 6.07 Å². The van der Waals surface area contributed by atoms with Crippen LogP contribution < -0.4 is 4.74 Å². The summed E-state index contributed by atoms with van der Waals surface area (Å²) in [5, 5.41) is 10.3. The molecule has 3 nitrogen and oxygen atoms in total. The van der Waals surface area contributed by atoms with Crippen molar-refractivity contribution in [1.29, 1.82) is 0 Å². The highest BCUT2D eigenvalue weighted by Crippen LogP contribution is 2.27. The van der Waals surface area contributed by atoms with Crippen molar-refractivity contribution in [3.63, 3.8) is 0 Å². The fourth-order valence-electron chi connectivity index (χ4n) is 3.28. The Bertz CT molecular complexity index is 470. The predicted molar refractivity (Wildman–Crippen MR) is 86.4 cm³/mol. The van der Waals surface area contributed by atoms with Gasteiger partial charge in [0.05, 0.1) is 13.2 Å². The van der Waals surface area contributed by atoms with Crippen molar-refractivity contribution >= 4 is 0 Å². The molecule has 1 aliphatic rings.